The van der Waals surface area contributed by atoms with Crippen LogP contribution in [0.2, 0.25) is 0 Å². The minimum Gasteiger partial charge on any atom is -0.387 e. The molecule has 0 aromatic carbocycles. The first-order valence-electron chi connectivity index (χ1n) is 6.82. The van der Waals surface area contributed by atoms with Crippen LogP contribution in [0.3, 0.4) is 0 Å². The smallest absolute Gasteiger partial charge is 0.387 e. The largest absolute Gasteiger partial charge is 0.505 e. The molecule has 0 spiro atoms. The van der Waals surface area contributed by atoms with Crippen LogP contribution in [0.5, 0.6) is 0 Å². The molecular weight excluding hydrogens is 334 g/mol. The fourth-order valence-corrected chi connectivity index (χ4v) is 3.57. The highest BCUT2D eigenvalue weighted by molar-refractivity contribution is 7.38. The van der Waals surface area contributed by atoms with Crippen molar-refractivity contribution in [3.63, 3.8) is 0 Å². The maximum Gasteiger partial charge on any atom is 0.505 e. The van der Waals surface area contributed by atoms with Gasteiger partial charge in [0.1, 0.15) is 18.3 Å². The molecule has 2 aliphatic heterocycles. The number of hydrogen-bond donors (Lipinski definition) is 2. The molecule has 23 heavy (non-hydrogen) atoms. The Hall–Kier alpha value is -1.45. The Kier molecular flexibility index (Phi) is 3.97. The van der Waals surface area contributed by atoms with Crippen molar-refractivity contribution in [1.29, 1.82) is 0 Å². The van der Waals surface area contributed by atoms with Gasteiger partial charge in [0.15, 0.2) is 18.5 Å². The van der Waals surface area contributed by atoms with Crippen LogP contribution < -0.4 is 11.2 Å². The molecular formula is C12H15FN2O7P+. The minimum atomic E-state index is -1.95. The number of H-pyrrole nitrogens is 1. The number of ether oxygens (including phenoxy) is 2. The van der Waals surface area contributed by atoms with Crippen LogP contribution >= 0.6 is 8.03 Å². The molecule has 2 N–H and O–H groups in total. The quantitative estimate of drug-likeness (QED) is 0.702. The number of nitrogens with one attached hydrogen (secondary N) is 1. The monoisotopic (exact) mass is 349 g/mol. The van der Waals surface area contributed by atoms with E-state index in [1.807, 2.05) is 4.98 Å². The lowest BCUT2D eigenvalue weighted by Gasteiger charge is -2.33. The predicted octanol–water partition coefficient (Wildman–Crippen LogP) is -0.520. The number of nitrogens with zero attached hydrogens (tertiary/aromatic N) is 1. The van der Waals surface area contributed by atoms with Crippen molar-refractivity contribution in [2.45, 2.75) is 37.1 Å². The summed E-state index contributed by atoms with van der Waals surface area (Å²) in [6.45, 7) is 2.89. The third kappa shape index (κ3) is 2.47. The molecule has 2 aliphatic rings. The second-order valence-electron chi connectivity index (χ2n) is 5.51. The average molecular weight is 349 g/mol. The lowest BCUT2D eigenvalue weighted by Crippen LogP contribution is -2.50. The summed E-state index contributed by atoms with van der Waals surface area (Å²) < 4.78 is 41.9. The molecule has 3 heterocycles. The van der Waals surface area contributed by atoms with Gasteiger partial charge in [-0.2, -0.15) is 4.39 Å². The molecule has 0 amide bonds. The first-order valence-corrected chi connectivity index (χ1v) is 8.45. The van der Waals surface area contributed by atoms with Crippen LogP contribution in [0.1, 0.15) is 13.2 Å². The van der Waals surface area contributed by atoms with Gasteiger partial charge in [0.05, 0.1) is 12.8 Å². The summed E-state index contributed by atoms with van der Waals surface area (Å²) in [6, 6.07) is 0. The maximum atomic E-state index is 13.5. The van der Waals surface area contributed by atoms with E-state index in [0.717, 1.165) is 4.57 Å². The zero-order valence-electron chi connectivity index (χ0n) is 12.3. The van der Waals surface area contributed by atoms with Gasteiger partial charge >= 0.3 is 13.7 Å². The van der Waals surface area contributed by atoms with Gasteiger partial charge < -0.3 is 14.6 Å². The Labute approximate surface area is 129 Å². The molecule has 0 saturated carbocycles. The number of aliphatic hydroxyl groups excluding tert-OH is 1. The topological polar surface area (TPSA) is 120 Å². The van der Waals surface area contributed by atoms with Crippen molar-refractivity contribution < 1.29 is 28.1 Å². The van der Waals surface area contributed by atoms with Crippen LogP contribution in [0, 0.1) is 5.82 Å². The Morgan fingerprint density at radius 1 is 1.61 bits per heavy atom. The summed E-state index contributed by atoms with van der Waals surface area (Å²) in [7, 11) is -1.95. The van der Waals surface area contributed by atoms with Gasteiger partial charge in [-0.05, 0) is 11.5 Å². The van der Waals surface area contributed by atoms with Crippen LogP contribution in [-0.2, 0) is 18.6 Å². The molecule has 1 aromatic heterocycles. The summed E-state index contributed by atoms with van der Waals surface area (Å²) >= 11 is 0. The first-order chi connectivity index (χ1) is 10.8. The molecule has 9 nitrogen and oxygen atoms in total. The van der Waals surface area contributed by atoms with Crippen LogP contribution in [-0.4, -0.2) is 51.8 Å². The highest BCUT2D eigenvalue weighted by atomic mass is 31.1. The SMILES string of the molecule is C[C@H](O[P+](C)=O)[C@@]12CO[C@@H]([C@H](n3cc(F)c(=O)[nH]c3=O)O1)[C@@H]2O. The van der Waals surface area contributed by atoms with Crippen LogP contribution in [0.25, 0.3) is 0 Å². The number of fused-ring (bicyclic) bond motifs is 2. The zero-order chi connectivity index (χ0) is 16.9. The van der Waals surface area contributed by atoms with E-state index in [4.69, 9.17) is 14.0 Å². The Morgan fingerprint density at radius 2 is 2.30 bits per heavy atom. The first kappa shape index (κ1) is 16.4. The van der Waals surface area contributed by atoms with E-state index < -0.39 is 55.2 Å². The second kappa shape index (κ2) is 5.57. The van der Waals surface area contributed by atoms with Gasteiger partial charge in [0.25, 0.3) is 5.56 Å². The van der Waals surface area contributed by atoms with E-state index in [9.17, 15) is 23.7 Å². The summed E-state index contributed by atoms with van der Waals surface area (Å²) in [5.74, 6) is -1.17. The molecule has 1 aromatic rings. The number of aromatic amines is 1. The third-order valence-electron chi connectivity index (χ3n) is 4.13. The van der Waals surface area contributed by atoms with Gasteiger partial charge in [-0.15, -0.1) is 4.52 Å². The highest BCUT2D eigenvalue weighted by Crippen LogP contribution is 2.48. The predicted molar refractivity (Wildman–Crippen MR) is 74.0 cm³/mol. The van der Waals surface area contributed by atoms with E-state index in [-0.39, 0.29) is 6.61 Å². The number of halogens is 1. The van der Waals surface area contributed by atoms with Crippen molar-refractivity contribution in [2.24, 2.45) is 0 Å². The molecule has 0 radical (unpaired) electrons. The molecule has 2 bridgehead atoms. The van der Waals surface area contributed by atoms with Crippen molar-refractivity contribution in [3.8, 4) is 0 Å². The Balaban J connectivity index is 1.97. The van der Waals surface area contributed by atoms with Gasteiger partial charge in [0.2, 0.25) is 5.82 Å². The fraction of sp³-hybridized carbons (Fsp3) is 0.667. The molecule has 11 heteroatoms. The third-order valence-corrected chi connectivity index (χ3v) is 4.74. The van der Waals surface area contributed by atoms with E-state index in [1.165, 1.54) is 6.66 Å². The summed E-state index contributed by atoms with van der Waals surface area (Å²) in [5.41, 5.74) is -3.37. The van der Waals surface area contributed by atoms with E-state index in [2.05, 4.69) is 0 Å². The van der Waals surface area contributed by atoms with E-state index in [0.29, 0.717) is 6.20 Å². The summed E-state index contributed by atoms with van der Waals surface area (Å²) in [6.07, 6.45) is -3.34. The van der Waals surface area contributed by atoms with Gasteiger partial charge in [-0.25, -0.2) is 4.79 Å². The van der Waals surface area contributed by atoms with Crippen molar-refractivity contribution in [2.75, 3.05) is 13.3 Å². The van der Waals surface area contributed by atoms with Crippen molar-refractivity contribution in [1.82, 2.24) is 9.55 Å². The van der Waals surface area contributed by atoms with Crippen LogP contribution in [0.15, 0.2) is 15.8 Å². The lowest BCUT2D eigenvalue weighted by atomic mass is 9.94. The van der Waals surface area contributed by atoms with Crippen LogP contribution in [0.4, 0.5) is 4.39 Å². The average Bonchev–Trinajstić information content (AvgIpc) is 2.94. The van der Waals surface area contributed by atoms with E-state index >= 15 is 0 Å². The number of hydrogen-bond acceptors (Lipinski definition) is 7. The Bertz CT molecular complexity index is 765. The molecule has 2 saturated heterocycles. The highest BCUT2D eigenvalue weighted by Gasteiger charge is 2.66. The number of aromatic nitrogens is 2. The zero-order valence-corrected chi connectivity index (χ0v) is 13.2. The number of aliphatic hydroxyl groups is 1. The van der Waals surface area contributed by atoms with Gasteiger partial charge in [0, 0.05) is 0 Å². The van der Waals surface area contributed by atoms with Crippen molar-refractivity contribution in [3.05, 3.63) is 32.9 Å². The molecule has 2 fully saturated rings. The van der Waals surface area contributed by atoms with Gasteiger partial charge in [-0.3, -0.25) is 14.3 Å². The number of rotatable bonds is 4. The van der Waals surface area contributed by atoms with Crippen molar-refractivity contribution >= 4 is 8.03 Å². The maximum absolute atomic E-state index is 13.5. The van der Waals surface area contributed by atoms with E-state index in [1.54, 1.807) is 6.92 Å². The summed E-state index contributed by atoms with van der Waals surface area (Å²) in [5, 5.41) is 10.4. The molecule has 6 atom stereocenters. The fourth-order valence-electron chi connectivity index (χ4n) is 2.95. The lowest BCUT2D eigenvalue weighted by molar-refractivity contribution is -0.201. The minimum absolute atomic E-state index is 0.0275. The standard InChI is InChI=1S/C12H14FN2O7P/c1-5(22-23(2)19)12-4-20-7(8(12)16)10(21-12)15-3-6(13)9(17)14-11(15)18/h3,5,7-8,10,16H,4H2,1-2H3/p+1/t5-,7+,8-,10+,12+/m0/s1. The normalized spacial score (nSPS) is 34.6. The molecule has 1 unspecified atom stereocenters. The Morgan fingerprint density at radius 3 is 2.96 bits per heavy atom. The second-order valence-corrected chi connectivity index (χ2v) is 6.60. The van der Waals surface area contributed by atoms with Gasteiger partial charge in [-0.1, -0.05) is 0 Å². The molecule has 126 valence electrons. The molecule has 0 aliphatic carbocycles. The molecule has 3 rings (SSSR count). The summed E-state index contributed by atoms with van der Waals surface area (Å²) in [4.78, 5) is 24.8.